The van der Waals surface area contributed by atoms with Crippen molar-refractivity contribution in [2.45, 2.75) is 19.4 Å². The highest BCUT2D eigenvalue weighted by Crippen LogP contribution is 2.33. The van der Waals surface area contributed by atoms with Crippen LogP contribution in [0.1, 0.15) is 23.6 Å². The molecule has 0 radical (unpaired) electrons. The summed E-state index contributed by atoms with van der Waals surface area (Å²) in [5, 5.41) is 11.0. The average Bonchev–Trinajstić information content (AvgIpc) is 2.35. The Morgan fingerprint density at radius 3 is 2.47 bits per heavy atom. The molecule has 0 aliphatic carbocycles. The van der Waals surface area contributed by atoms with Gasteiger partial charge in [-0.25, -0.2) is 8.78 Å². The summed E-state index contributed by atoms with van der Waals surface area (Å²) in [4.78, 5) is 0. The molecule has 0 saturated carbocycles. The molecule has 2 aromatic rings. The number of aliphatic hydroxyl groups is 1. The van der Waals surface area contributed by atoms with E-state index in [0.29, 0.717) is 10.6 Å². The fraction of sp³-hybridized carbons (Fsp3) is 0.200. The van der Waals surface area contributed by atoms with Gasteiger partial charge < -0.3 is 5.11 Å². The highest BCUT2D eigenvalue weighted by molar-refractivity contribution is 6.31. The molecule has 0 spiro atoms. The van der Waals surface area contributed by atoms with E-state index in [1.54, 1.807) is 18.2 Å². The van der Waals surface area contributed by atoms with Gasteiger partial charge in [-0.05, 0) is 37.1 Å². The van der Waals surface area contributed by atoms with Crippen molar-refractivity contribution in [3.05, 3.63) is 69.7 Å². The highest BCUT2D eigenvalue weighted by Gasteiger charge is 2.30. The largest absolute Gasteiger partial charge is 0.381 e. The standard InChI is InChI=1S/C15H13ClF2O/c1-9-6-7-10(8-12(9)16)15(2,19)11-4-3-5-13(17)14(11)18/h3-8,19H,1-2H3. The maximum absolute atomic E-state index is 13.8. The number of aryl methyl sites for hydroxylation is 1. The average molecular weight is 283 g/mol. The summed E-state index contributed by atoms with van der Waals surface area (Å²) >= 11 is 6.00. The highest BCUT2D eigenvalue weighted by atomic mass is 35.5. The van der Waals surface area contributed by atoms with E-state index in [2.05, 4.69) is 0 Å². The second-order valence-corrected chi connectivity index (χ2v) is 5.04. The molecular formula is C15H13ClF2O. The van der Waals surface area contributed by atoms with Crippen LogP contribution in [-0.4, -0.2) is 5.11 Å². The van der Waals surface area contributed by atoms with Crippen molar-refractivity contribution < 1.29 is 13.9 Å². The Kier molecular flexibility index (Phi) is 3.61. The number of benzene rings is 2. The first kappa shape index (κ1) is 14.0. The van der Waals surface area contributed by atoms with E-state index < -0.39 is 17.2 Å². The van der Waals surface area contributed by atoms with Crippen molar-refractivity contribution in [3.63, 3.8) is 0 Å². The molecule has 0 fully saturated rings. The zero-order valence-corrected chi connectivity index (χ0v) is 11.3. The molecule has 1 unspecified atom stereocenters. The summed E-state index contributed by atoms with van der Waals surface area (Å²) < 4.78 is 27.1. The van der Waals surface area contributed by atoms with Crippen LogP contribution in [0.3, 0.4) is 0 Å². The Balaban J connectivity index is 2.58. The SMILES string of the molecule is Cc1ccc(C(C)(O)c2cccc(F)c2F)cc1Cl. The van der Waals surface area contributed by atoms with Gasteiger partial charge in [0.25, 0.3) is 0 Å². The molecule has 2 aromatic carbocycles. The van der Waals surface area contributed by atoms with Crippen LogP contribution in [0.2, 0.25) is 5.02 Å². The minimum absolute atomic E-state index is 0.118. The van der Waals surface area contributed by atoms with Gasteiger partial charge in [0.2, 0.25) is 0 Å². The van der Waals surface area contributed by atoms with E-state index in [1.165, 1.54) is 19.1 Å². The van der Waals surface area contributed by atoms with E-state index in [4.69, 9.17) is 11.6 Å². The lowest BCUT2D eigenvalue weighted by molar-refractivity contribution is 0.0970. The summed E-state index contributed by atoms with van der Waals surface area (Å²) in [5.41, 5.74) is -0.510. The van der Waals surface area contributed by atoms with Crippen LogP contribution in [-0.2, 0) is 5.60 Å². The third-order valence-corrected chi connectivity index (χ3v) is 3.62. The van der Waals surface area contributed by atoms with Crippen LogP contribution in [0.5, 0.6) is 0 Å². The Labute approximate surface area is 115 Å². The summed E-state index contributed by atoms with van der Waals surface area (Å²) in [7, 11) is 0. The topological polar surface area (TPSA) is 20.2 Å². The van der Waals surface area contributed by atoms with Crippen molar-refractivity contribution in [3.8, 4) is 0 Å². The van der Waals surface area contributed by atoms with Gasteiger partial charge in [-0.3, -0.25) is 0 Å². The Morgan fingerprint density at radius 2 is 1.84 bits per heavy atom. The number of hydrogen-bond donors (Lipinski definition) is 1. The van der Waals surface area contributed by atoms with Gasteiger partial charge in [0.15, 0.2) is 11.6 Å². The molecule has 0 aromatic heterocycles. The van der Waals surface area contributed by atoms with Crippen LogP contribution in [0, 0.1) is 18.6 Å². The first-order valence-electron chi connectivity index (χ1n) is 5.77. The van der Waals surface area contributed by atoms with E-state index in [1.807, 2.05) is 6.92 Å². The van der Waals surface area contributed by atoms with E-state index in [0.717, 1.165) is 11.6 Å². The van der Waals surface area contributed by atoms with Gasteiger partial charge in [-0.2, -0.15) is 0 Å². The number of halogens is 3. The third-order valence-electron chi connectivity index (χ3n) is 3.21. The van der Waals surface area contributed by atoms with Crippen molar-refractivity contribution in [2.75, 3.05) is 0 Å². The predicted molar refractivity (Wildman–Crippen MR) is 71.2 cm³/mol. The lowest BCUT2D eigenvalue weighted by Crippen LogP contribution is -2.24. The van der Waals surface area contributed by atoms with Crippen molar-refractivity contribution >= 4 is 11.6 Å². The smallest absolute Gasteiger partial charge is 0.165 e. The molecule has 100 valence electrons. The monoisotopic (exact) mass is 282 g/mol. The lowest BCUT2D eigenvalue weighted by Gasteiger charge is -2.25. The molecule has 0 heterocycles. The minimum atomic E-state index is -1.65. The van der Waals surface area contributed by atoms with Crippen LogP contribution < -0.4 is 0 Å². The Morgan fingerprint density at radius 1 is 1.16 bits per heavy atom. The van der Waals surface area contributed by atoms with E-state index in [-0.39, 0.29) is 5.56 Å². The van der Waals surface area contributed by atoms with E-state index >= 15 is 0 Å². The van der Waals surface area contributed by atoms with Crippen LogP contribution in [0.25, 0.3) is 0 Å². The Bertz CT molecular complexity index is 624. The zero-order chi connectivity index (χ0) is 14.2. The molecule has 1 N–H and O–H groups in total. The first-order valence-corrected chi connectivity index (χ1v) is 6.15. The molecule has 1 atom stereocenters. The molecule has 0 aliphatic rings. The van der Waals surface area contributed by atoms with Gasteiger partial charge in [0.05, 0.1) is 0 Å². The van der Waals surface area contributed by atoms with E-state index in [9.17, 15) is 13.9 Å². The molecule has 0 amide bonds. The second kappa shape index (κ2) is 4.91. The summed E-state index contributed by atoms with van der Waals surface area (Å²) in [6, 6.07) is 8.65. The van der Waals surface area contributed by atoms with Crippen molar-refractivity contribution in [1.29, 1.82) is 0 Å². The zero-order valence-electron chi connectivity index (χ0n) is 10.5. The van der Waals surface area contributed by atoms with Gasteiger partial charge in [0.1, 0.15) is 5.60 Å². The fourth-order valence-electron chi connectivity index (χ4n) is 1.93. The van der Waals surface area contributed by atoms with Gasteiger partial charge in [-0.15, -0.1) is 0 Å². The van der Waals surface area contributed by atoms with Crippen LogP contribution in [0.4, 0.5) is 8.78 Å². The third kappa shape index (κ3) is 2.48. The molecule has 19 heavy (non-hydrogen) atoms. The quantitative estimate of drug-likeness (QED) is 0.876. The molecule has 0 bridgehead atoms. The fourth-order valence-corrected chi connectivity index (χ4v) is 2.11. The summed E-state index contributed by atoms with van der Waals surface area (Å²) in [6.45, 7) is 3.23. The number of rotatable bonds is 2. The molecule has 0 saturated heterocycles. The maximum atomic E-state index is 13.8. The van der Waals surface area contributed by atoms with Gasteiger partial charge in [-0.1, -0.05) is 35.9 Å². The van der Waals surface area contributed by atoms with Gasteiger partial charge in [0, 0.05) is 10.6 Å². The van der Waals surface area contributed by atoms with Crippen LogP contribution >= 0.6 is 11.6 Å². The summed E-state index contributed by atoms with van der Waals surface area (Å²) in [6.07, 6.45) is 0. The van der Waals surface area contributed by atoms with Crippen molar-refractivity contribution in [1.82, 2.24) is 0 Å². The van der Waals surface area contributed by atoms with Crippen molar-refractivity contribution in [2.24, 2.45) is 0 Å². The molecule has 1 nitrogen and oxygen atoms in total. The normalized spacial score (nSPS) is 14.2. The second-order valence-electron chi connectivity index (χ2n) is 4.64. The maximum Gasteiger partial charge on any atom is 0.165 e. The van der Waals surface area contributed by atoms with Crippen LogP contribution in [0.15, 0.2) is 36.4 Å². The number of hydrogen-bond acceptors (Lipinski definition) is 1. The first-order chi connectivity index (χ1) is 8.84. The van der Waals surface area contributed by atoms with Gasteiger partial charge >= 0.3 is 0 Å². The molecule has 4 heteroatoms. The Hall–Kier alpha value is -1.45. The molecule has 2 rings (SSSR count). The lowest BCUT2D eigenvalue weighted by atomic mass is 9.87. The predicted octanol–water partition coefficient (Wildman–Crippen LogP) is 4.18. The molecular weight excluding hydrogens is 270 g/mol. The minimum Gasteiger partial charge on any atom is -0.381 e. The molecule has 0 aliphatic heterocycles. The summed E-state index contributed by atoms with van der Waals surface area (Å²) in [5.74, 6) is -2.04.